The molecule has 3 nitrogen and oxygen atoms in total. The van der Waals surface area contributed by atoms with E-state index in [1.807, 2.05) is 13.1 Å². The molecule has 1 aromatic carbocycles. The lowest BCUT2D eigenvalue weighted by Gasteiger charge is -2.20. The van der Waals surface area contributed by atoms with Crippen molar-refractivity contribution in [1.82, 2.24) is 4.90 Å². The summed E-state index contributed by atoms with van der Waals surface area (Å²) in [7, 11) is 2.01. The van der Waals surface area contributed by atoms with E-state index in [2.05, 4.69) is 4.90 Å². The van der Waals surface area contributed by atoms with Gasteiger partial charge in [-0.3, -0.25) is 4.90 Å². The average molecular weight is 248 g/mol. The third-order valence-corrected chi connectivity index (χ3v) is 3.14. The molecule has 4 heteroatoms. The van der Waals surface area contributed by atoms with E-state index in [4.69, 9.17) is 10.00 Å². The van der Waals surface area contributed by atoms with Crippen LogP contribution in [0, 0.1) is 17.1 Å². The van der Waals surface area contributed by atoms with Crippen molar-refractivity contribution in [2.45, 2.75) is 25.5 Å². The molecular formula is C14H17FN2O. The van der Waals surface area contributed by atoms with Gasteiger partial charge in [0.2, 0.25) is 0 Å². The van der Waals surface area contributed by atoms with Crippen molar-refractivity contribution in [2.75, 3.05) is 20.2 Å². The van der Waals surface area contributed by atoms with E-state index in [0.717, 1.165) is 31.6 Å². The zero-order valence-electron chi connectivity index (χ0n) is 10.5. The summed E-state index contributed by atoms with van der Waals surface area (Å²) in [5.74, 6) is -0.456. The fourth-order valence-corrected chi connectivity index (χ4v) is 2.27. The molecule has 96 valence electrons. The molecule has 1 aromatic rings. The second kappa shape index (κ2) is 5.94. The molecule has 0 aliphatic carbocycles. The molecule has 0 N–H and O–H groups in total. The van der Waals surface area contributed by atoms with E-state index in [1.54, 1.807) is 12.1 Å². The van der Waals surface area contributed by atoms with Crippen molar-refractivity contribution in [1.29, 1.82) is 5.26 Å². The smallest absolute Gasteiger partial charge is 0.140 e. The van der Waals surface area contributed by atoms with Crippen molar-refractivity contribution in [3.63, 3.8) is 0 Å². The summed E-state index contributed by atoms with van der Waals surface area (Å²) in [5.41, 5.74) is 1.06. The number of ether oxygens (including phenoxy) is 1. The molecule has 1 atom stereocenters. The predicted molar refractivity (Wildman–Crippen MR) is 66.4 cm³/mol. The highest BCUT2D eigenvalue weighted by Crippen LogP contribution is 2.15. The van der Waals surface area contributed by atoms with Crippen LogP contribution in [0.5, 0.6) is 0 Å². The maximum atomic E-state index is 13.2. The lowest BCUT2D eigenvalue weighted by atomic mass is 10.1. The highest BCUT2D eigenvalue weighted by atomic mass is 19.1. The molecule has 0 aromatic heterocycles. The monoisotopic (exact) mass is 248 g/mol. The molecule has 2 rings (SSSR count). The van der Waals surface area contributed by atoms with Crippen molar-refractivity contribution < 1.29 is 9.13 Å². The summed E-state index contributed by atoms with van der Waals surface area (Å²) in [6, 6.07) is 6.56. The van der Waals surface area contributed by atoms with Crippen molar-refractivity contribution in [3.8, 4) is 6.07 Å². The van der Waals surface area contributed by atoms with Gasteiger partial charge in [-0.25, -0.2) is 4.39 Å². The normalized spacial score (nSPS) is 19.1. The number of halogens is 1. The van der Waals surface area contributed by atoms with Gasteiger partial charge < -0.3 is 4.74 Å². The van der Waals surface area contributed by atoms with Gasteiger partial charge in [0.15, 0.2) is 0 Å². The van der Waals surface area contributed by atoms with E-state index >= 15 is 0 Å². The van der Waals surface area contributed by atoms with Gasteiger partial charge in [-0.05, 0) is 37.6 Å². The maximum absolute atomic E-state index is 13.2. The average Bonchev–Trinajstić information content (AvgIpc) is 2.84. The number of nitrogens with zero attached hydrogens (tertiary/aromatic N) is 2. The number of benzene rings is 1. The first kappa shape index (κ1) is 13.0. The van der Waals surface area contributed by atoms with E-state index in [0.29, 0.717) is 12.6 Å². The van der Waals surface area contributed by atoms with Gasteiger partial charge in [0.25, 0.3) is 0 Å². The van der Waals surface area contributed by atoms with Gasteiger partial charge in [-0.1, -0.05) is 6.07 Å². The summed E-state index contributed by atoms with van der Waals surface area (Å²) >= 11 is 0. The van der Waals surface area contributed by atoms with Crippen LogP contribution in [0.4, 0.5) is 4.39 Å². The molecule has 1 fully saturated rings. The van der Waals surface area contributed by atoms with E-state index in [9.17, 15) is 4.39 Å². The number of rotatable bonds is 4. The molecule has 0 saturated carbocycles. The van der Waals surface area contributed by atoms with E-state index < -0.39 is 5.82 Å². The molecule has 1 saturated heterocycles. The summed E-state index contributed by atoms with van der Waals surface area (Å²) in [6.07, 6.45) is 2.55. The highest BCUT2D eigenvalue weighted by molar-refractivity contribution is 5.34. The van der Waals surface area contributed by atoms with Gasteiger partial charge in [-0.2, -0.15) is 5.26 Å². The fraction of sp³-hybridized carbons (Fsp3) is 0.500. The van der Waals surface area contributed by atoms with Gasteiger partial charge >= 0.3 is 0 Å². The topological polar surface area (TPSA) is 36.3 Å². The Morgan fingerprint density at radius 1 is 1.56 bits per heavy atom. The first-order valence-electron chi connectivity index (χ1n) is 6.17. The van der Waals surface area contributed by atoms with Crippen LogP contribution in [0.25, 0.3) is 0 Å². The van der Waals surface area contributed by atoms with Crippen LogP contribution in [-0.2, 0) is 11.3 Å². The van der Waals surface area contributed by atoms with Gasteiger partial charge in [0.05, 0.1) is 11.7 Å². The van der Waals surface area contributed by atoms with E-state index in [1.165, 1.54) is 6.07 Å². The number of hydrogen-bond donors (Lipinski definition) is 0. The van der Waals surface area contributed by atoms with Gasteiger partial charge in [0.1, 0.15) is 11.9 Å². The first-order chi connectivity index (χ1) is 8.69. The van der Waals surface area contributed by atoms with Gasteiger partial charge in [-0.15, -0.1) is 0 Å². The van der Waals surface area contributed by atoms with Crippen molar-refractivity contribution in [3.05, 3.63) is 35.1 Å². The SMILES string of the molecule is CN(Cc1ccc(F)c(C#N)c1)CC1CCCO1. The summed E-state index contributed by atoms with van der Waals surface area (Å²) in [4.78, 5) is 2.14. The standard InChI is InChI=1S/C14H17FN2O/c1-17(10-13-3-2-6-18-13)9-11-4-5-14(15)12(7-11)8-16/h4-5,7,13H,2-3,6,9-10H2,1H3. The van der Waals surface area contributed by atoms with Crippen LogP contribution in [0.15, 0.2) is 18.2 Å². The Morgan fingerprint density at radius 2 is 2.39 bits per heavy atom. The number of likely N-dealkylation sites (N-methyl/N-ethyl adjacent to an activating group) is 1. The van der Waals surface area contributed by atoms with E-state index in [-0.39, 0.29) is 5.56 Å². The van der Waals surface area contributed by atoms with Crippen LogP contribution in [0.3, 0.4) is 0 Å². The molecule has 1 unspecified atom stereocenters. The maximum Gasteiger partial charge on any atom is 0.140 e. The largest absolute Gasteiger partial charge is 0.377 e. The number of nitriles is 1. The van der Waals surface area contributed by atoms with Gasteiger partial charge in [0, 0.05) is 19.7 Å². The third kappa shape index (κ3) is 3.28. The Morgan fingerprint density at radius 3 is 3.06 bits per heavy atom. The Bertz CT molecular complexity index is 450. The minimum Gasteiger partial charge on any atom is -0.377 e. The van der Waals surface area contributed by atoms with Crippen molar-refractivity contribution in [2.24, 2.45) is 0 Å². The Hall–Kier alpha value is -1.44. The summed E-state index contributed by atoms with van der Waals surface area (Å²) in [5, 5.41) is 8.78. The minimum absolute atomic E-state index is 0.109. The fourth-order valence-electron chi connectivity index (χ4n) is 2.27. The zero-order chi connectivity index (χ0) is 13.0. The molecule has 0 bridgehead atoms. The molecule has 18 heavy (non-hydrogen) atoms. The minimum atomic E-state index is -0.456. The molecule has 0 amide bonds. The lowest BCUT2D eigenvalue weighted by Crippen LogP contribution is -2.28. The molecular weight excluding hydrogens is 231 g/mol. The van der Waals surface area contributed by atoms with Crippen LogP contribution in [0.1, 0.15) is 24.0 Å². The first-order valence-corrected chi connectivity index (χ1v) is 6.17. The predicted octanol–water partition coefficient (Wildman–Crippen LogP) is 2.31. The lowest BCUT2D eigenvalue weighted by molar-refractivity contribution is 0.0793. The van der Waals surface area contributed by atoms with Crippen LogP contribution >= 0.6 is 0 Å². The molecule has 1 aliphatic rings. The Labute approximate surface area is 107 Å². The molecule has 0 spiro atoms. The molecule has 1 aliphatic heterocycles. The van der Waals surface area contributed by atoms with Crippen LogP contribution in [0.2, 0.25) is 0 Å². The van der Waals surface area contributed by atoms with Crippen molar-refractivity contribution >= 4 is 0 Å². The molecule has 0 radical (unpaired) electrons. The Balaban J connectivity index is 1.94. The zero-order valence-corrected chi connectivity index (χ0v) is 10.5. The summed E-state index contributed by atoms with van der Waals surface area (Å²) < 4.78 is 18.8. The number of hydrogen-bond acceptors (Lipinski definition) is 3. The third-order valence-electron chi connectivity index (χ3n) is 3.14. The van der Waals surface area contributed by atoms with Crippen LogP contribution in [-0.4, -0.2) is 31.2 Å². The second-order valence-electron chi connectivity index (χ2n) is 4.76. The Kier molecular flexibility index (Phi) is 4.29. The van der Waals surface area contributed by atoms with Crippen LogP contribution < -0.4 is 0 Å². The highest BCUT2D eigenvalue weighted by Gasteiger charge is 2.17. The molecule has 1 heterocycles. The summed E-state index contributed by atoms with van der Waals surface area (Å²) in [6.45, 7) is 2.43. The second-order valence-corrected chi connectivity index (χ2v) is 4.76. The quantitative estimate of drug-likeness (QED) is 0.820.